The number of nitrogens with one attached hydrogen (secondary N) is 2. The molecule has 2 aromatic heterocycles. The first-order chi connectivity index (χ1) is 15.7. The summed E-state index contributed by atoms with van der Waals surface area (Å²) in [4.78, 5) is 34.3. The number of nitrogens with zero attached hydrogens (tertiary/aromatic N) is 2. The first kappa shape index (κ1) is 21.8. The van der Waals surface area contributed by atoms with E-state index in [0.717, 1.165) is 81.8 Å². The smallest absolute Gasteiger partial charge is 0.223 e. The Balaban J connectivity index is 1.21. The van der Waals surface area contributed by atoms with Crippen LogP contribution in [-0.2, 0) is 22.7 Å². The van der Waals surface area contributed by atoms with Crippen molar-refractivity contribution in [1.82, 2.24) is 20.6 Å². The molecular formula is C24H30N4O2S2. The van der Waals surface area contributed by atoms with Gasteiger partial charge in [0.15, 0.2) is 0 Å². The molecule has 2 aliphatic carbocycles. The summed E-state index contributed by atoms with van der Waals surface area (Å²) in [5.74, 6) is 0.687. The summed E-state index contributed by atoms with van der Waals surface area (Å²) in [6, 6.07) is 4.16. The number of benzene rings is 1. The van der Waals surface area contributed by atoms with E-state index in [4.69, 9.17) is 9.97 Å². The molecule has 3 aromatic rings. The van der Waals surface area contributed by atoms with Crippen LogP contribution in [0, 0.1) is 11.8 Å². The lowest BCUT2D eigenvalue weighted by Gasteiger charge is -2.20. The van der Waals surface area contributed by atoms with Crippen LogP contribution in [0.2, 0.25) is 0 Å². The van der Waals surface area contributed by atoms with E-state index in [1.165, 1.54) is 12.8 Å². The highest BCUT2D eigenvalue weighted by molar-refractivity contribution is 7.20. The summed E-state index contributed by atoms with van der Waals surface area (Å²) in [6.07, 6.45) is 11.2. The van der Waals surface area contributed by atoms with Crippen LogP contribution in [0.5, 0.6) is 0 Å². The Kier molecular flexibility index (Phi) is 6.69. The molecule has 0 atom stereocenters. The van der Waals surface area contributed by atoms with Crippen LogP contribution >= 0.6 is 22.7 Å². The Hall–Kier alpha value is -2.06. The zero-order valence-electron chi connectivity index (χ0n) is 18.3. The highest BCUT2D eigenvalue weighted by atomic mass is 32.1. The third-order valence-corrected chi connectivity index (χ3v) is 8.80. The predicted molar refractivity (Wildman–Crippen MR) is 130 cm³/mol. The lowest BCUT2D eigenvalue weighted by Crippen LogP contribution is -2.31. The molecule has 32 heavy (non-hydrogen) atoms. The van der Waals surface area contributed by atoms with Crippen LogP contribution in [0.4, 0.5) is 0 Å². The van der Waals surface area contributed by atoms with Gasteiger partial charge < -0.3 is 10.6 Å². The molecule has 5 rings (SSSR count). The summed E-state index contributed by atoms with van der Waals surface area (Å²) in [7, 11) is 0. The molecule has 2 fully saturated rings. The molecule has 0 saturated heterocycles. The quantitative estimate of drug-likeness (QED) is 0.512. The second-order valence-electron chi connectivity index (χ2n) is 9.11. The molecule has 0 spiro atoms. The van der Waals surface area contributed by atoms with Crippen molar-refractivity contribution < 1.29 is 9.59 Å². The zero-order chi connectivity index (χ0) is 21.9. The van der Waals surface area contributed by atoms with E-state index < -0.39 is 0 Å². The molecule has 170 valence electrons. The van der Waals surface area contributed by atoms with Gasteiger partial charge in [-0.25, -0.2) is 9.97 Å². The summed E-state index contributed by atoms with van der Waals surface area (Å²) in [5.41, 5.74) is 1.90. The maximum absolute atomic E-state index is 12.4. The van der Waals surface area contributed by atoms with Crippen LogP contribution in [0.25, 0.3) is 20.4 Å². The molecule has 0 bridgehead atoms. The topological polar surface area (TPSA) is 84.0 Å². The fourth-order valence-corrected chi connectivity index (χ4v) is 6.78. The molecule has 6 nitrogen and oxygen atoms in total. The average Bonchev–Trinajstić information content (AvgIpc) is 3.42. The number of rotatable bonds is 6. The van der Waals surface area contributed by atoms with Gasteiger partial charge >= 0.3 is 0 Å². The Labute approximate surface area is 196 Å². The van der Waals surface area contributed by atoms with Gasteiger partial charge in [-0.2, -0.15) is 0 Å². The summed E-state index contributed by atoms with van der Waals surface area (Å²) in [6.45, 7) is 0.989. The van der Waals surface area contributed by atoms with Crippen LogP contribution < -0.4 is 10.6 Å². The average molecular weight is 471 g/mol. The van der Waals surface area contributed by atoms with Crippen LogP contribution in [0.1, 0.15) is 74.2 Å². The van der Waals surface area contributed by atoms with Crippen LogP contribution in [0.15, 0.2) is 12.1 Å². The van der Waals surface area contributed by atoms with Crippen LogP contribution in [-0.4, -0.2) is 21.8 Å². The number of hydrogen-bond donors (Lipinski definition) is 2. The Morgan fingerprint density at radius 3 is 1.53 bits per heavy atom. The second kappa shape index (κ2) is 9.83. The number of fused-ring (bicyclic) bond motifs is 2. The summed E-state index contributed by atoms with van der Waals surface area (Å²) >= 11 is 3.23. The molecule has 1 aromatic carbocycles. The number of carbonyl (C=O) groups excluding carboxylic acids is 2. The zero-order valence-corrected chi connectivity index (χ0v) is 20.0. The Morgan fingerprint density at radius 1 is 0.719 bits per heavy atom. The van der Waals surface area contributed by atoms with E-state index in [2.05, 4.69) is 22.8 Å². The van der Waals surface area contributed by atoms with E-state index in [9.17, 15) is 9.59 Å². The molecule has 2 amide bonds. The minimum atomic E-state index is 0.171. The fourth-order valence-electron chi connectivity index (χ4n) is 4.94. The maximum atomic E-state index is 12.4. The van der Waals surface area contributed by atoms with E-state index >= 15 is 0 Å². The van der Waals surface area contributed by atoms with Crippen molar-refractivity contribution in [1.29, 1.82) is 0 Å². The second-order valence-corrected chi connectivity index (χ2v) is 11.3. The van der Waals surface area contributed by atoms with Crippen molar-refractivity contribution in [3.63, 3.8) is 0 Å². The third-order valence-electron chi connectivity index (χ3n) is 6.77. The number of amides is 2. The van der Waals surface area contributed by atoms with Crippen molar-refractivity contribution in [2.75, 3.05) is 0 Å². The number of aromatic nitrogens is 2. The summed E-state index contributed by atoms with van der Waals surface area (Å²) in [5, 5.41) is 8.03. The van der Waals surface area contributed by atoms with Crippen LogP contribution in [0.3, 0.4) is 0 Å². The lowest BCUT2D eigenvalue weighted by molar-refractivity contribution is -0.126. The standard InChI is InChI=1S/C24H30N4O2S2/c29-23(15-7-3-1-4-8-15)25-13-21-27-17-11-20-18(12-19(17)31-21)28-22(32-20)14-26-24(30)16-9-5-2-6-10-16/h11-12,15-16H,1-10,13-14H2,(H,25,29)(H,26,30). The van der Waals surface area contributed by atoms with Gasteiger partial charge in [0.25, 0.3) is 0 Å². The molecular weight excluding hydrogens is 440 g/mol. The van der Waals surface area contributed by atoms with Gasteiger partial charge in [-0.3, -0.25) is 9.59 Å². The molecule has 8 heteroatoms. The van der Waals surface area contributed by atoms with Gasteiger partial charge in [-0.05, 0) is 37.8 Å². The van der Waals surface area contributed by atoms with Crippen molar-refractivity contribution in [3.05, 3.63) is 22.1 Å². The molecule has 0 radical (unpaired) electrons. The minimum absolute atomic E-state index is 0.171. The highest BCUT2D eigenvalue weighted by Gasteiger charge is 2.22. The SMILES string of the molecule is O=C(NCc1nc2cc3sc(CNC(=O)C4CCCCC4)nc3cc2s1)C1CCCCC1. The fraction of sp³-hybridized carbons (Fsp3) is 0.583. The summed E-state index contributed by atoms with van der Waals surface area (Å²) < 4.78 is 2.17. The monoisotopic (exact) mass is 470 g/mol. The molecule has 2 N–H and O–H groups in total. The van der Waals surface area contributed by atoms with E-state index in [0.29, 0.717) is 13.1 Å². The molecule has 2 heterocycles. The molecule has 2 aliphatic rings. The normalized spacial score (nSPS) is 18.2. The molecule has 0 unspecified atom stereocenters. The third kappa shape index (κ3) is 4.96. The van der Waals surface area contributed by atoms with E-state index in [1.54, 1.807) is 22.7 Å². The van der Waals surface area contributed by atoms with Gasteiger partial charge in [0.1, 0.15) is 10.0 Å². The largest absolute Gasteiger partial charge is 0.349 e. The van der Waals surface area contributed by atoms with Crippen molar-refractivity contribution in [2.24, 2.45) is 11.8 Å². The van der Waals surface area contributed by atoms with E-state index in [1.807, 2.05) is 0 Å². The Bertz CT molecular complexity index is 975. The predicted octanol–water partition coefficient (Wildman–Crippen LogP) is 5.30. The first-order valence-electron chi connectivity index (χ1n) is 11.9. The lowest BCUT2D eigenvalue weighted by atomic mass is 9.89. The first-order valence-corrected chi connectivity index (χ1v) is 13.5. The highest BCUT2D eigenvalue weighted by Crippen LogP contribution is 2.31. The van der Waals surface area contributed by atoms with Gasteiger partial charge in [-0.1, -0.05) is 38.5 Å². The van der Waals surface area contributed by atoms with Crippen molar-refractivity contribution >= 4 is 54.9 Å². The van der Waals surface area contributed by atoms with Gasteiger partial charge in [0, 0.05) is 11.8 Å². The number of hydrogen-bond acceptors (Lipinski definition) is 6. The molecule has 0 aliphatic heterocycles. The van der Waals surface area contributed by atoms with E-state index in [-0.39, 0.29) is 23.7 Å². The Morgan fingerprint density at radius 2 is 1.12 bits per heavy atom. The number of thiazole rings is 2. The maximum Gasteiger partial charge on any atom is 0.223 e. The van der Waals surface area contributed by atoms with Gasteiger partial charge in [-0.15, -0.1) is 22.7 Å². The van der Waals surface area contributed by atoms with Crippen molar-refractivity contribution in [2.45, 2.75) is 77.3 Å². The van der Waals surface area contributed by atoms with Gasteiger partial charge in [0.05, 0.1) is 33.5 Å². The minimum Gasteiger partial charge on any atom is -0.349 e. The number of carbonyl (C=O) groups is 2. The van der Waals surface area contributed by atoms with Crippen molar-refractivity contribution in [3.8, 4) is 0 Å². The van der Waals surface area contributed by atoms with Gasteiger partial charge in [0.2, 0.25) is 11.8 Å². The molecule has 2 saturated carbocycles.